The number of hydrogen-bond donors (Lipinski definition) is 2. The zero-order valence-corrected chi connectivity index (χ0v) is 37.6. The number of nitrogens with zero attached hydrogens (tertiary/aromatic N) is 8. The summed E-state index contributed by atoms with van der Waals surface area (Å²) in [6, 6.07) is 57.0. The lowest BCUT2D eigenvalue weighted by molar-refractivity contribution is 0.599. The van der Waals surface area contributed by atoms with Gasteiger partial charge in [-0.2, -0.15) is 0 Å². The van der Waals surface area contributed by atoms with Crippen molar-refractivity contribution in [2.24, 2.45) is 9.98 Å². The number of hydrogen-bond acceptors (Lipinski definition) is 8. The second-order valence-corrected chi connectivity index (χ2v) is 17.7. The fraction of sp³-hybridized carbons (Fsp3) is 0.138. The van der Waals surface area contributed by atoms with Gasteiger partial charge in [0, 0.05) is 44.8 Å². The molecule has 0 radical (unpaired) electrons. The maximum Gasteiger partial charge on any atom is 0.0965 e. The van der Waals surface area contributed by atoms with Gasteiger partial charge in [0.25, 0.3) is 0 Å². The minimum Gasteiger partial charge on any atom is -0.307 e. The third kappa shape index (κ3) is 8.32. The van der Waals surface area contributed by atoms with E-state index in [9.17, 15) is 0 Å². The second kappa shape index (κ2) is 18.2. The fourth-order valence-electron chi connectivity index (χ4n) is 9.79. The van der Waals surface area contributed by atoms with Crippen LogP contribution in [0.2, 0.25) is 0 Å². The van der Waals surface area contributed by atoms with Gasteiger partial charge in [-0.3, -0.25) is 14.7 Å². The lowest BCUT2D eigenvalue weighted by Gasteiger charge is -2.14. The van der Waals surface area contributed by atoms with Crippen LogP contribution in [0.3, 0.4) is 0 Å². The molecular weight excluding hydrogens is 837 g/mol. The van der Waals surface area contributed by atoms with Gasteiger partial charge in [-0.15, -0.1) is 10.2 Å². The monoisotopic (exact) mass is 884 g/mol. The first-order chi connectivity index (χ1) is 33.7. The standard InChI is InChI=1S/C58H48N10/c1-3-43-15-17-47-19-21-49(53-25-23-45(5-1)55(43)57(47)53)33-61-35-51-37-67(65-63-51)29-27-59-31-39-7-11-41(12-8-39)42-13-9-40(10-14-42)32-60-28-30-68-38-52(64-66-68)36-62-34-50-22-20-48-18-16-44-4-2-6-46-24-26-54(50)58(48)56(44)46/h1-27,32,37-38,61-62H,28-31,33-36H2. The predicted octanol–water partition coefficient (Wildman–Crippen LogP) is 11.3. The molecular formula is C58H48N10. The van der Waals surface area contributed by atoms with Crippen molar-refractivity contribution in [2.45, 2.75) is 45.8 Å². The van der Waals surface area contributed by atoms with Gasteiger partial charge in [-0.05, 0) is 98.0 Å². The van der Waals surface area contributed by atoms with Crippen molar-refractivity contribution in [3.63, 3.8) is 0 Å². The van der Waals surface area contributed by atoms with Crippen LogP contribution in [-0.4, -0.2) is 49.0 Å². The second-order valence-electron chi connectivity index (χ2n) is 17.7. The van der Waals surface area contributed by atoms with E-state index in [0.717, 1.165) is 46.7 Å². The van der Waals surface area contributed by atoms with Gasteiger partial charge < -0.3 is 10.6 Å². The zero-order valence-electron chi connectivity index (χ0n) is 37.6. The van der Waals surface area contributed by atoms with Crippen LogP contribution < -0.4 is 10.6 Å². The van der Waals surface area contributed by atoms with E-state index in [4.69, 9.17) is 0 Å². The van der Waals surface area contributed by atoms with Crippen LogP contribution in [-0.2, 0) is 45.8 Å². The predicted molar refractivity (Wildman–Crippen MR) is 278 cm³/mol. The summed E-state index contributed by atoms with van der Waals surface area (Å²) >= 11 is 0. The Morgan fingerprint density at radius 3 is 1.51 bits per heavy atom. The Labute approximate surface area is 393 Å². The molecule has 10 aromatic carbocycles. The summed E-state index contributed by atoms with van der Waals surface area (Å²) in [4.78, 5) is 9.34. The van der Waals surface area contributed by atoms with E-state index < -0.39 is 0 Å². The Kier molecular flexibility index (Phi) is 11.1. The first-order valence-corrected chi connectivity index (χ1v) is 23.3. The quantitative estimate of drug-likeness (QED) is 0.0696. The van der Waals surface area contributed by atoms with Crippen LogP contribution in [0.1, 0.15) is 33.6 Å². The molecule has 12 aromatic rings. The van der Waals surface area contributed by atoms with Gasteiger partial charge in [0.2, 0.25) is 0 Å². The Balaban J connectivity index is 0.573. The Bertz CT molecular complexity index is 3720. The molecule has 0 amide bonds. The third-order valence-corrected chi connectivity index (χ3v) is 13.2. The van der Waals surface area contributed by atoms with Crippen LogP contribution in [0.5, 0.6) is 0 Å². The van der Waals surface area contributed by atoms with Crippen molar-refractivity contribution in [3.8, 4) is 11.1 Å². The molecule has 10 heteroatoms. The third-order valence-electron chi connectivity index (χ3n) is 13.2. The molecule has 12 rings (SSSR count). The van der Waals surface area contributed by atoms with Crippen molar-refractivity contribution in [1.82, 2.24) is 40.6 Å². The molecule has 2 aromatic heterocycles. The molecule has 330 valence electrons. The highest BCUT2D eigenvalue weighted by atomic mass is 15.4. The molecule has 0 atom stereocenters. The van der Waals surface area contributed by atoms with Gasteiger partial charge >= 0.3 is 0 Å². The van der Waals surface area contributed by atoms with Crippen molar-refractivity contribution < 1.29 is 0 Å². The normalized spacial score (nSPS) is 12.3. The van der Waals surface area contributed by atoms with Crippen LogP contribution in [0.25, 0.3) is 75.8 Å². The SMILES string of the molecule is C(=NCCn1cc(CNCc2ccc3ccc4cccc5ccc2c3c45)nn1)c1ccc(-c2ccc(CN=CCn3cc(CNCc4ccc5ccc6cccc7ccc4c5c67)nn3)cc2)cc1. The molecule has 0 bridgehead atoms. The Morgan fingerprint density at radius 2 is 0.941 bits per heavy atom. The van der Waals surface area contributed by atoms with Crippen molar-refractivity contribution in [3.05, 3.63) is 204 Å². The van der Waals surface area contributed by atoms with E-state index >= 15 is 0 Å². The highest BCUT2D eigenvalue weighted by Crippen LogP contribution is 2.37. The Hall–Kier alpha value is -8.18. The molecule has 10 nitrogen and oxygen atoms in total. The van der Waals surface area contributed by atoms with E-state index in [1.807, 2.05) is 34.2 Å². The van der Waals surface area contributed by atoms with E-state index in [-0.39, 0.29) is 0 Å². The van der Waals surface area contributed by atoms with Crippen LogP contribution >= 0.6 is 0 Å². The van der Waals surface area contributed by atoms with Gasteiger partial charge in [0.15, 0.2) is 0 Å². The minimum absolute atomic E-state index is 0.570. The summed E-state index contributed by atoms with van der Waals surface area (Å²) in [6.07, 6.45) is 7.82. The molecule has 68 heavy (non-hydrogen) atoms. The molecule has 0 aliphatic heterocycles. The summed E-state index contributed by atoms with van der Waals surface area (Å²) in [6.45, 7) is 5.25. The van der Waals surface area contributed by atoms with E-state index in [0.29, 0.717) is 39.3 Å². The fourth-order valence-corrected chi connectivity index (χ4v) is 9.79. The molecule has 0 fully saturated rings. The number of benzene rings is 10. The molecule has 0 aliphatic rings. The zero-order chi connectivity index (χ0) is 45.2. The van der Waals surface area contributed by atoms with Crippen LogP contribution in [0.15, 0.2) is 180 Å². The lowest BCUT2D eigenvalue weighted by Crippen LogP contribution is -2.13. The average Bonchev–Trinajstić information content (AvgIpc) is 4.05. The smallest absolute Gasteiger partial charge is 0.0965 e. The number of rotatable bonds is 17. The van der Waals surface area contributed by atoms with Gasteiger partial charge in [0.1, 0.15) is 0 Å². The summed E-state index contributed by atoms with van der Waals surface area (Å²) in [7, 11) is 0. The molecule has 2 N–H and O–H groups in total. The highest BCUT2D eigenvalue weighted by molar-refractivity contribution is 6.24. The number of aliphatic imine (C=N–C) groups is 2. The first kappa shape index (κ1) is 41.3. The summed E-state index contributed by atoms with van der Waals surface area (Å²) in [5, 5.41) is 40.3. The van der Waals surface area contributed by atoms with Crippen LogP contribution in [0, 0.1) is 0 Å². The van der Waals surface area contributed by atoms with Gasteiger partial charge in [-0.1, -0.05) is 168 Å². The van der Waals surface area contributed by atoms with Gasteiger partial charge in [-0.25, -0.2) is 4.68 Å². The van der Waals surface area contributed by atoms with Gasteiger partial charge in [0.05, 0.1) is 43.8 Å². The largest absolute Gasteiger partial charge is 0.307 e. The minimum atomic E-state index is 0.570. The summed E-state index contributed by atoms with van der Waals surface area (Å²) in [5.74, 6) is 0. The van der Waals surface area contributed by atoms with E-state index in [1.54, 1.807) is 0 Å². The topological polar surface area (TPSA) is 110 Å². The average molecular weight is 885 g/mol. The molecule has 2 heterocycles. The maximum absolute atomic E-state index is 4.67. The molecule has 0 spiro atoms. The first-order valence-electron chi connectivity index (χ1n) is 23.3. The van der Waals surface area contributed by atoms with Crippen molar-refractivity contribution in [1.29, 1.82) is 0 Å². The van der Waals surface area contributed by atoms with E-state index in [2.05, 4.69) is 199 Å². The molecule has 0 saturated heterocycles. The molecule has 0 aliphatic carbocycles. The van der Waals surface area contributed by atoms with Crippen LogP contribution in [0.4, 0.5) is 0 Å². The summed E-state index contributed by atoms with van der Waals surface area (Å²) < 4.78 is 3.70. The Morgan fingerprint density at radius 1 is 0.456 bits per heavy atom. The number of aromatic nitrogens is 6. The summed E-state index contributed by atoms with van der Waals surface area (Å²) in [5.41, 5.74) is 8.92. The highest BCUT2D eigenvalue weighted by Gasteiger charge is 2.13. The molecule has 0 saturated carbocycles. The van der Waals surface area contributed by atoms with E-state index in [1.165, 1.54) is 75.8 Å². The van der Waals surface area contributed by atoms with Crippen molar-refractivity contribution in [2.75, 3.05) is 6.54 Å². The van der Waals surface area contributed by atoms with Crippen molar-refractivity contribution >= 4 is 77.1 Å². The lowest BCUT2D eigenvalue weighted by atomic mass is 9.92. The maximum atomic E-state index is 4.67. The number of nitrogens with one attached hydrogen (secondary N) is 2. The molecule has 0 unspecified atom stereocenters.